The van der Waals surface area contributed by atoms with Crippen LogP contribution in [0.2, 0.25) is 0 Å². The third kappa shape index (κ3) is 22.6. The predicted octanol–water partition coefficient (Wildman–Crippen LogP) is 1.65. The number of unbranched alkanes of at least 4 members (excludes halogenated alkanes) is 3. The molecule has 0 aromatic rings. The largest absolute Gasteiger partial charge is 0.397 e. The maximum absolute atomic E-state index is 10.00. The molecule has 0 aromatic carbocycles. The smallest absolute Gasteiger partial charge is 0.388 e. The summed E-state index contributed by atoms with van der Waals surface area (Å²) in [5.41, 5.74) is 0. The summed E-state index contributed by atoms with van der Waals surface area (Å²) in [6.07, 6.45) is 3.76. The summed E-state index contributed by atoms with van der Waals surface area (Å²) in [5, 5.41) is 0. The van der Waals surface area contributed by atoms with E-state index >= 15 is 0 Å². The van der Waals surface area contributed by atoms with Gasteiger partial charge in [-0.3, -0.25) is 4.55 Å². The van der Waals surface area contributed by atoms with Gasteiger partial charge in [-0.2, -0.15) is 8.42 Å². The molecule has 14 heavy (non-hydrogen) atoms. The lowest BCUT2D eigenvalue weighted by Gasteiger charge is -1.98. The minimum absolute atomic E-state index is 0.0822. The summed E-state index contributed by atoms with van der Waals surface area (Å²) in [6, 6.07) is 0. The first kappa shape index (κ1) is 16.3. The van der Waals surface area contributed by atoms with E-state index in [1.54, 1.807) is 14.2 Å². The molecule has 0 unspecified atom stereocenters. The zero-order chi connectivity index (χ0) is 11.4. The molecule has 0 bridgehead atoms. The molecule has 0 fully saturated rings. The van der Waals surface area contributed by atoms with Gasteiger partial charge in [-0.1, -0.05) is 26.2 Å². The van der Waals surface area contributed by atoms with E-state index in [1.807, 2.05) is 0 Å². The molecule has 6 heteroatoms. The second kappa shape index (κ2) is 10.9. The van der Waals surface area contributed by atoms with Crippen molar-refractivity contribution in [2.24, 2.45) is 0 Å². The standard InChI is InChI=1S/C6H14O4S.C2H6O/c1-2-3-4-5-6-10-11(7,8)9;1-3-2/h2-6H2,1H3,(H,7,8,9);1-2H3. The van der Waals surface area contributed by atoms with Gasteiger partial charge in [0.05, 0.1) is 6.61 Å². The lowest BCUT2D eigenvalue weighted by Crippen LogP contribution is -2.04. The molecule has 0 rings (SSSR count). The highest BCUT2D eigenvalue weighted by Crippen LogP contribution is 1.99. The Morgan fingerprint density at radius 3 is 2.00 bits per heavy atom. The van der Waals surface area contributed by atoms with Gasteiger partial charge in [0.1, 0.15) is 0 Å². The molecule has 0 aliphatic rings. The van der Waals surface area contributed by atoms with E-state index in [0.717, 1.165) is 19.3 Å². The molecular weight excluding hydrogens is 208 g/mol. The normalized spacial score (nSPS) is 10.6. The predicted molar refractivity (Wildman–Crippen MR) is 54.6 cm³/mol. The molecule has 0 aliphatic carbocycles. The maximum atomic E-state index is 10.00. The zero-order valence-electron chi connectivity index (χ0n) is 9.02. The van der Waals surface area contributed by atoms with E-state index in [0.29, 0.717) is 6.42 Å². The van der Waals surface area contributed by atoms with Crippen LogP contribution in [0.25, 0.3) is 0 Å². The first-order valence-corrected chi connectivity index (χ1v) is 5.86. The van der Waals surface area contributed by atoms with Crippen LogP contribution in [-0.4, -0.2) is 33.8 Å². The van der Waals surface area contributed by atoms with Crippen molar-refractivity contribution in [1.82, 2.24) is 0 Å². The number of rotatable bonds is 6. The summed E-state index contributed by atoms with van der Waals surface area (Å²) < 4.78 is 36.5. The topological polar surface area (TPSA) is 72.8 Å². The Hall–Kier alpha value is -0.170. The zero-order valence-corrected chi connectivity index (χ0v) is 9.84. The molecule has 0 atom stereocenters. The van der Waals surface area contributed by atoms with Crippen molar-refractivity contribution in [2.45, 2.75) is 32.6 Å². The second-order valence-corrected chi connectivity index (χ2v) is 3.81. The van der Waals surface area contributed by atoms with Crippen LogP contribution in [0.5, 0.6) is 0 Å². The molecule has 1 N–H and O–H groups in total. The number of hydrogen-bond donors (Lipinski definition) is 1. The minimum atomic E-state index is -4.21. The molecular formula is C8H20O5S. The fourth-order valence-electron chi connectivity index (χ4n) is 0.693. The van der Waals surface area contributed by atoms with Gasteiger partial charge in [0.15, 0.2) is 0 Å². The van der Waals surface area contributed by atoms with Crippen molar-refractivity contribution in [1.29, 1.82) is 0 Å². The van der Waals surface area contributed by atoms with Crippen molar-refractivity contribution >= 4 is 10.4 Å². The molecule has 0 amide bonds. The van der Waals surface area contributed by atoms with Crippen LogP contribution >= 0.6 is 0 Å². The van der Waals surface area contributed by atoms with Gasteiger partial charge in [-0.15, -0.1) is 0 Å². The van der Waals surface area contributed by atoms with E-state index in [4.69, 9.17) is 4.55 Å². The highest BCUT2D eigenvalue weighted by Gasteiger charge is 2.01. The van der Waals surface area contributed by atoms with Gasteiger partial charge >= 0.3 is 10.4 Å². The first-order chi connectivity index (χ1) is 6.47. The first-order valence-electron chi connectivity index (χ1n) is 4.49. The van der Waals surface area contributed by atoms with Crippen LogP contribution in [0, 0.1) is 0 Å². The van der Waals surface area contributed by atoms with Gasteiger partial charge in [-0.05, 0) is 6.42 Å². The Labute approximate surface area is 86.4 Å². The quantitative estimate of drug-likeness (QED) is 0.552. The molecule has 88 valence electrons. The van der Waals surface area contributed by atoms with Crippen molar-refractivity contribution in [3.8, 4) is 0 Å². The average molecular weight is 228 g/mol. The van der Waals surface area contributed by atoms with Crippen LogP contribution < -0.4 is 0 Å². The van der Waals surface area contributed by atoms with Gasteiger partial charge in [-0.25, -0.2) is 4.18 Å². The molecule has 0 aromatic heterocycles. The highest BCUT2D eigenvalue weighted by molar-refractivity contribution is 7.80. The van der Waals surface area contributed by atoms with Crippen LogP contribution in [0.1, 0.15) is 32.6 Å². The molecule has 0 aliphatic heterocycles. The van der Waals surface area contributed by atoms with E-state index < -0.39 is 10.4 Å². The molecule has 5 nitrogen and oxygen atoms in total. The minimum Gasteiger partial charge on any atom is -0.388 e. The van der Waals surface area contributed by atoms with Crippen molar-refractivity contribution in [3.05, 3.63) is 0 Å². The molecule has 0 spiro atoms. The fourth-order valence-corrected chi connectivity index (χ4v) is 1.02. The van der Waals surface area contributed by atoms with E-state index in [-0.39, 0.29) is 6.61 Å². The molecule has 0 saturated carbocycles. The second-order valence-electron chi connectivity index (χ2n) is 2.72. The molecule has 0 saturated heterocycles. The highest BCUT2D eigenvalue weighted by atomic mass is 32.3. The third-order valence-electron chi connectivity index (χ3n) is 1.23. The van der Waals surface area contributed by atoms with Crippen LogP contribution in [0.3, 0.4) is 0 Å². The Bertz CT molecular complexity index is 188. The lowest BCUT2D eigenvalue weighted by molar-refractivity contribution is 0.261. The number of hydrogen-bond acceptors (Lipinski definition) is 4. The van der Waals surface area contributed by atoms with E-state index in [1.165, 1.54) is 0 Å². The van der Waals surface area contributed by atoms with Gasteiger partial charge in [0.2, 0.25) is 0 Å². The van der Waals surface area contributed by atoms with Gasteiger partial charge in [0.25, 0.3) is 0 Å². The van der Waals surface area contributed by atoms with Crippen LogP contribution in [0.15, 0.2) is 0 Å². The van der Waals surface area contributed by atoms with E-state index in [2.05, 4.69) is 15.8 Å². The summed E-state index contributed by atoms with van der Waals surface area (Å²) in [6.45, 7) is 2.14. The SMILES string of the molecule is CCCCCCOS(=O)(=O)O.COC. The van der Waals surface area contributed by atoms with Crippen molar-refractivity contribution in [2.75, 3.05) is 20.8 Å². The summed E-state index contributed by atoms with van der Waals surface area (Å²) in [4.78, 5) is 0. The fraction of sp³-hybridized carbons (Fsp3) is 1.00. The van der Waals surface area contributed by atoms with Crippen molar-refractivity contribution in [3.63, 3.8) is 0 Å². The molecule has 0 radical (unpaired) electrons. The summed E-state index contributed by atoms with van der Waals surface area (Å²) in [5.74, 6) is 0. The monoisotopic (exact) mass is 228 g/mol. The van der Waals surface area contributed by atoms with Crippen molar-refractivity contribution < 1.29 is 21.9 Å². The van der Waals surface area contributed by atoms with Crippen LogP contribution in [0.4, 0.5) is 0 Å². The van der Waals surface area contributed by atoms with Gasteiger partial charge in [0, 0.05) is 14.2 Å². The lowest BCUT2D eigenvalue weighted by atomic mass is 10.2. The Kier molecular flexibility index (Phi) is 12.7. The summed E-state index contributed by atoms with van der Waals surface area (Å²) in [7, 11) is -0.961. The van der Waals surface area contributed by atoms with Crippen LogP contribution in [-0.2, 0) is 19.3 Å². The number of ether oxygens (including phenoxy) is 1. The van der Waals surface area contributed by atoms with Gasteiger partial charge < -0.3 is 4.74 Å². The number of methoxy groups -OCH3 is 1. The maximum Gasteiger partial charge on any atom is 0.397 e. The molecule has 0 heterocycles. The summed E-state index contributed by atoms with van der Waals surface area (Å²) >= 11 is 0. The van der Waals surface area contributed by atoms with E-state index in [9.17, 15) is 8.42 Å². The Balaban J connectivity index is 0. The Morgan fingerprint density at radius 1 is 1.14 bits per heavy atom. The third-order valence-corrected chi connectivity index (χ3v) is 1.69. The Morgan fingerprint density at radius 2 is 1.64 bits per heavy atom. The average Bonchev–Trinajstić information content (AvgIpc) is 2.03.